The van der Waals surface area contributed by atoms with Gasteiger partial charge in [0.2, 0.25) is 0 Å². The summed E-state index contributed by atoms with van der Waals surface area (Å²) >= 11 is 0. The maximum atomic E-state index is 11.5. The van der Waals surface area contributed by atoms with Gasteiger partial charge in [-0.3, -0.25) is 4.79 Å². The van der Waals surface area contributed by atoms with Gasteiger partial charge in [0.05, 0.1) is 0 Å². The second-order valence-electron chi connectivity index (χ2n) is 4.92. The van der Waals surface area contributed by atoms with E-state index in [1.807, 2.05) is 6.92 Å². The van der Waals surface area contributed by atoms with E-state index in [1.165, 1.54) is 0 Å². The Bertz CT molecular complexity index is 232. The molecule has 0 saturated heterocycles. The lowest BCUT2D eigenvalue weighted by Gasteiger charge is -2.59. The van der Waals surface area contributed by atoms with Gasteiger partial charge >= 0.3 is 0 Å². The summed E-state index contributed by atoms with van der Waals surface area (Å²) in [7, 11) is 0. The van der Waals surface area contributed by atoms with E-state index >= 15 is 0 Å². The molecule has 0 unspecified atom stereocenters. The van der Waals surface area contributed by atoms with Crippen LogP contribution < -0.4 is 0 Å². The molecule has 3 aliphatic carbocycles. The first kappa shape index (κ1) is 8.24. The molecule has 2 nitrogen and oxygen atoms in total. The summed E-state index contributed by atoms with van der Waals surface area (Å²) in [5, 5.41) is 9.53. The predicted octanol–water partition coefficient (Wildman–Crippen LogP) is 1.23. The second kappa shape index (κ2) is 2.11. The minimum absolute atomic E-state index is 0.0787. The molecule has 0 radical (unpaired) electrons. The quantitative estimate of drug-likeness (QED) is 0.590. The smallest absolute Gasteiger partial charge is 0.165 e. The summed E-state index contributed by atoms with van der Waals surface area (Å²) in [6.07, 6.45) is 0.325. The Morgan fingerprint density at radius 3 is 2.50 bits per heavy atom. The molecule has 68 valence electrons. The summed E-state index contributed by atoms with van der Waals surface area (Å²) in [5.41, 5.74) is 0.149. The lowest BCUT2D eigenvalue weighted by molar-refractivity contribution is -0.177. The van der Waals surface area contributed by atoms with Gasteiger partial charge in [-0.25, -0.2) is 0 Å². The standard InChI is InChI=1S/C10H16O2/c1-5-6-4-7(10(6,2)3)9(12)8(5)11/h5-8,11H,4H2,1-3H3/t5-,6+,7-,8+/m0/s1. The van der Waals surface area contributed by atoms with Crippen LogP contribution in [-0.2, 0) is 4.79 Å². The molecule has 0 aliphatic heterocycles. The Morgan fingerprint density at radius 2 is 2.08 bits per heavy atom. The number of rotatable bonds is 0. The fourth-order valence-electron chi connectivity index (χ4n) is 3.02. The van der Waals surface area contributed by atoms with Crippen LogP contribution in [0.2, 0.25) is 0 Å². The molecule has 0 aromatic heterocycles. The molecular weight excluding hydrogens is 152 g/mol. The summed E-state index contributed by atoms with van der Waals surface area (Å²) in [6.45, 7) is 6.28. The molecule has 3 fully saturated rings. The van der Waals surface area contributed by atoms with Crippen LogP contribution in [0.15, 0.2) is 0 Å². The summed E-state index contributed by atoms with van der Waals surface area (Å²) < 4.78 is 0. The van der Waals surface area contributed by atoms with E-state index in [-0.39, 0.29) is 23.0 Å². The molecule has 3 aliphatic rings. The SMILES string of the molecule is C[C@H]1[C@H]2C[C@@H](C(=O)[C@@H]1O)C2(C)C. The number of fused-ring (bicyclic) bond motifs is 2. The van der Waals surface area contributed by atoms with E-state index in [9.17, 15) is 9.90 Å². The first-order valence-corrected chi connectivity index (χ1v) is 4.68. The Kier molecular flexibility index (Phi) is 1.45. The molecule has 0 aromatic carbocycles. The van der Waals surface area contributed by atoms with Gasteiger partial charge in [-0.2, -0.15) is 0 Å². The molecule has 3 saturated carbocycles. The summed E-state index contributed by atoms with van der Waals surface area (Å²) in [6, 6.07) is 0. The highest BCUT2D eigenvalue weighted by Crippen LogP contribution is 2.59. The van der Waals surface area contributed by atoms with Crippen LogP contribution in [-0.4, -0.2) is 17.0 Å². The third-order valence-electron chi connectivity index (χ3n) is 4.11. The van der Waals surface area contributed by atoms with Crippen molar-refractivity contribution >= 4 is 5.78 Å². The molecule has 1 N–H and O–H groups in total. The first-order valence-electron chi connectivity index (χ1n) is 4.68. The Hall–Kier alpha value is -0.370. The van der Waals surface area contributed by atoms with Crippen molar-refractivity contribution in [2.45, 2.75) is 33.3 Å². The normalized spacial score (nSPS) is 50.2. The minimum atomic E-state index is -0.679. The van der Waals surface area contributed by atoms with Gasteiger partial charge in [-0.05, 0) is 23.7 Å². The van der Waals surface area contributed by atoms with Gasteiger partial charge in [0.25, 0.3) is 0 Å². The van der Waals surface area contributed by atoms with Gasteiger partial charge in [-0.1, -0.05) is 20.8 Å². The lowest BCUT2D eigenvalue weighted by atomic mass is 9.45. The lowest BCUT2D eigenvalue weighted by Crippen LogP contribution is -2.62. The topological polar surface area (TPSA) is 37.3 Å². The predicted molar refractivity (Wildman–Crippen MR) is 45.6 cm³/mol. The van der Waals surface area contributed by atoms with Crippen LogP contribution in [0.4, 0.5) is 0 Å². The maximum absolute atomic E-state index is 11.5. The van der Waals surface area contributed by atoms with E-state index in [0.29, 0.717) is 5.92 Å². The molecule has 0 amide bonds. The highest BCUT2D eigenvalue weighted by molar-refractivity contribution is 5.88. The van der Waals surface area contributed by atoms with Crippen molar-refractivity contribution in [2.75, 3.05) is 0 Å². The molecule has 2 bridgehead atoms. The second-order valence-corrected chi connectivity index (χ2v) is 4.92. The van der Waals surface area contributed by atoms with Crippen molar-refractivity contribution in [1.29, 1.82) is 0 Å². The highest BCUT2D eigenvalue weighted by atomic mass is 16.3. The molecule has 0 aromatic rings. The van der Waals surface area contributed by atoms with Crippen molar-refractivity contribution in [1.82, 2.24) is 0 Å². The monoisotopic (exact) mass is 168 g/mol. The van der Waals surface area contributed by atoms with Crippen LogP contribution in [0.25, 0.3) is 0 Å². The number of hydrogen-bond donors (Lipinski definition) is 1. The third-order valence-corrected chi connectivity index (χ3v) is 4.11. The Balaban J connectivity index is 2.30. The number of Topliss-reactive ketones (excluding diaryl/α,β-unsaturated/α-hetero) is 1. The number of hydrogen-bond acceptors (Lipinski definition) is 2. The van der Waals surface area contributed by atoms with Gasteiger partial charge in [0, 0.05) is 5.92 Å². The largest absolute Gasteiger partial charge is 0.385 e. The van der Waals surface area contributed by atoms with Crippen molar-refractivity contribution in [3.05, 3.63) is 0 Å². The van der Waals surface area contributed by atoms with Crippen LogP contribution >= 0.6 is 0 Å². The summed E-state index contributed by atoms with van der Waals surface area (Å²) in [5.74, 6) is 0.927. The molecule has 2 heteroatoms. The highest BCUT2D eigenvalue weighted by Gasteiger charge is 2.60. The van der Waals surface area contributed by atoms with Gasteiger partial charge < -0.3 is 5.11 Å². The van der Waals surface area contributed by atoms with Gasteiger partial charge in [-0.15, -0.1) is 0 Å². The zero-order chi connectivity index (χ0) is 9.09. The molecule has 0 heterocycles. The van der Waals surface area contributed by atoms with E-state index < -0.39 is 6.10 Å². The zero-order valence-corrected chi connectivity index (χ0v) is 7.87. The van der Waals surface area contributed by atoms with Crippen LogP contribution in [0.5, 0.6) is 0 Å². The minimum Gasteiger partial charge on any atom is -0.385 e. The number of ketones is 1. The van der Waals surface area contributed by atoms with Crippen LogP contribution in [0.3, 0.4) is 0 Å². The van der Waals surface area contributed by atoms with E-state index in [1.54, 1.807) is 0 Å². The van der Waals surface area contributed by atoms with Crippen LogP contribution in [0, 0.1) is 23.2 Å². The Labute approximate surface area is 73.0 Å². The van der Waals surface area contributed by atoms with Crippen LogP contribution in [0.1, 0.15) is 27.2 Å². The number of carbonyl (C=O) groups is 1. The van der Waals surface area contributed by atoms with Crippen molar-refractivity contribution < 1.29 is 9.90 Å². The molecular formula is C10H16O2. The maximum Gasteiger partial charge on any atom is 0.165 e. The first-order chi connectivity index (χ1) is 5.46. The summed E-state index contributed by atoms with van der Waals surface area (Å²) in [4.78, 5) is 11.5. The third kappa shape index (κ3) is 0.717. The Morgan fingerprint density at radius 1 is 1.50 bits per heavy atom. The fourth-order valence-corrected chi connectivity index (χ4v) is 3.02. The van der Waals surface area contributed by atoms with Gasteiger partial charge in [0.1, 0.15) is 6.10 Å². The van der Waals surface area contributed by atoms with Crippen molar-refractivity contribution in [2.24, 2.45) is 23.2 Å². The average Bonchev–Trinajstić information content (AvgIpc) is 1.98. The molecule has 0 spiro atoms. The average molecular weight is 168 g/mol. The molecule has 12 heavy (non-hydrogen) atoms. The van der Waals surface area contributed by atoms with Crippen molar-refractivity contribution in [3.8, 4) is 0 Å². The molecule has 4 atom stereocenters. The number of aliphatic hydroxyl groups is 1. The van der Waals surface area contributed by atoms with Crippen molar-refractivity contribution in [3.63, 3.8) is 0 Å². The van der Waals surface area contributed by atoms with E-state index in [4.69, 9.17) is 0 Å². The van der Waals surface area contributed by atoms with E-state index in [2.05, 4.69) is 13.8 Å². The number of carbonyl (C=O) groups excluding carboxylic acids is 1. The van der Waals surface area contributed by atoms with E-state index in [0.717, 1.165) is 6.42 Å². The fraction of sp³-hybridized carbons (Fsp3) is 0.900. The molecule has 3 rings (SSSR count). The number of aliphatic hydroxyl groups excluding tert-OH is 1. The zero-order valence-electron chi connectivity index (χ0n) is 7.87. The van der Waals surface area contributed by atoms with Gasteiger partial charge in [0.15, 0.2) is 5.78 Å².